The van der Waals surface area contributed by atoms with Crippen molar-refractivity contribution < 1.29 is 17.9 Å². The number of sulfonamides is 1. The zero-order chi connectivity index (χ0) is 18.6. The molecule has 0 bridgehead atoms. The molecular formula is C18H28N2O4S. The lowest BCUT2D eigenvalue weighted by Gasteiger charge is -2.33. The van der Waals surface area contributed by atoms with Gasteiger partial charge in [-0.05, 0) is 51.3 Å². The van der Waals surface area contributed by atoms with Gasteiger partial charge in [0.1, 0.15) is 10.6 Å². The number of rotatable bonds is 6. The molecule has 1 heterocycles. The van der Waals surface area contributed by atoms with E-state index in [-0.39, 0.29) is 16.7 Å². The molecule has 1 aromatic rings. The zero-order valence-corrected chi connectivity index (χ0v) is 16.3. The van der Waals surface area contributed by atoms with Crippen molar-refractivity contribution in [3.63, 3.8) is 0 Å². The van der Waals surface area contributed by atoms with Crippen molar-refractivity contribution in [3.05, 3.63) is 23.8 Å². The second-order valence-electron chi connectivity index (χ2n) is 6.34. The zero-order valence-electron chi connectivity index (χ0n) is 15.5. The van der Waals surface area contributed by atoms with Crippen LogP contribution in [0.1, 0.15) is 32.3 Å². The number of piperidine rings is 1. The number of nitrogens with zero attached hydrogens (tertiary/aromatic N) is 2. The Labute approximate surface area is 150 Å². The number of ether oxygens (including phenoxy) is 1. The molecule has 1 aliphatic heterocycles. The summed E-state index contributed by atoms with van der Waals surface area (Å²) >= 11 is 0. The van der Waals surface area contributed by atoms with Crippen LogP contribution in [0.2, 0.25) is 0 Å². The summed E-state index contributed by atoms with van der Waals surface area (Å²) in [5.74, 6) is 0.396. The van der Waals surface area contributed by atoms with Crippen LogP contribution in [0, 0.1) is 12.8 Å². The van der Waals surface area contributed by atoms with Crippen LogP contribution in [-0.4, -0.2) is 56.8 Å². The highest BCUT2D eigenvalue weighted by atomic mass is 32.2. The van der Waals surface area contributed by atoms with E-state index in [2.05, 4.69) is 0 Å². The van der Waals surface area contributed by atoms with Crippen LogP contribution < -0.4 is 4.74 Å². The van der Waals surface area contributed by atoms with E-state index >= 15 is 0 Å². The maximum absolute atomic E-state index is 13.0. The smallest absolute Gasteiger partial charge is 0.246 e. The summed E-state index contributed by atoms with van der Waals surface area (Å²) in [5, 5.41) is 0. The van der Waals surface area contributed by atoms with Crippen molar-refractivity contribution >= 4 is 15.9 Å². The minimum atomic E-state index is -3.62. The predicted octanol–water partition coefficient (Wildman–Crippen LogP) is 2.27. The molecule has 1 fully saturated rings. The van der Waals surface area contributed by atoms with Crippen molar-refractivity contribution in [2.45, 2.75) is 38.5 Å². The molecule has 0 N–H and O–H groups in total. The Morgan fingerprint density at radius 1 is 1.24 bits per heavy atom. The Morgan fingerprint density at radius 3 is 2.36 bits per heavy atom. The van der Waals surface area contributed by atoms with Crippen LogP contribution >= 0.6 is 0 Å². The van der Waals surface area contributed by atoms with Gasteiger partial charge in [0.2, 0.25) is 15.9 Å². The Morgan fingerprint density at radius 2 is 1.84 bits per heavy atom. The molecule has 1 aromatic carbocycles. The third-order valence-corrected chi connectivity index (χ3v) is 6.74. The molecule has 0 atom stereocenters. The Balaban J connectivity index is 2.14. The highest BCUT2D eigenvalue weighted by Crippen LogP contribution is 2.30. The van der Waals surface area contributed by atoms with Gasteiger partial charge in [-0.25, -0.2) is 8.42 Å². The first-order valence-electron chi connectivity index (χ1n) is 8.78. The molecule has 0 spiro atoms. The normalized spacial score (nSPS) is 16.6. The van der Waals surface area contributed by atoms with Crippen molar-refractivity contribution in [1.82, 2.24) is 9.21 Å². The predicted molar refractivity (Wildman–Crippen MR) is 97.1 cm³/mol. The summed E-state index contributed by atoms with van der Waals surface area (Å²) in [5.41, 5.74) is 0.867. The number of hydrogen-bond acceptors (Lipinski definition) is 4. The average Bonchev–Trinajstić information content (AvgIpc) is 2.62. The molecule has 7 heteroatoms. The fraction of sp³-hybridized carbons (Fsp3) is 0.611. The van der Waals surface area contributed by atoms with Gasteiger partial charge in [-0.1, -0.05) is 6.07 Å². The Hall–Kier alpha value is -1.60. The van der Waals surface area contributed by atoms with Crippen LogP contribution in [0.3, 0.4) is 0 Å². The molecule has 0 unspecified atom stereocenters. The monoisotopic (exact) mass is 368 g/mol. The average molecular weight is 368 g/mol. The quantitative estimate of drug-likeness (QED) is 0.773. The molecule has 0 radical (unpaired) electrons. The van der Waals surface area contributed by atoms with Crippen LogP contribution in [0.15, 0.2) is 23.1 Å². The van der Waals surface area contributed by atoms with E-state index in [1.165, 1.54) is 11.4 Å². The lowest BCUT2D eigenvalue weighted by Crippen LogP contribution is -2.44. The van der Waals surface area contributed by atoms with Gasteiger partial charge in [-0.2, -0.15) is 4.31 Å². The molecule has 1 amide bonds. The maximum Gasteiger partial charge on any atom is 0.246 e. The first-order valence-corrected chi connectivity index (χ1v) is 10.2. The minimum absolute atomic E-state index is 0.0919. The van der Waals surface area contributed by atoms with Crippen molar-refractivity contribution in [2.75, 3.05) is 33.3 Å². The fourth-order valence-electron chi connectivity index (χ4n) is 3.26. The van der Waals surface area contributed by atoms with Crippen LogP contribution in [0.25, 0.3) is 0 Å². The van der Waals surface area contributed by atoms with Gasteiger partial charge in [0, 0.05) is 32.1 Å². The second kappa shape index (κ2) is 8.19. The number of amides is 1. The molecule has 6 nitrogen and oxygen atoms in total. The van der Waals surface area contributed by atoms with Crippen LogP contribution in [0.4, 0.5) is 0 Å². The van der Waals surface area contributed by atoms with E-state index in [0.717, 1.165) is 5.56 Å². The van der Waals surface area contributed by atoms with Gasteiger partial charge < -0.3 is 9.64 Å². The van der Waals surface area contributed by atoms with Crippen LogP contribution in [0.5, 0.6) is 5.75 Å². The standard InChI is InChI=1S/C18H28N2O4S/c1-5-19(6-2)18(21)15-9-11-20(12-10-15)25(22,23)17-13-14(3)7-8-16(17)24-4/h7-8,13,15H,5-6,9-12H2,1-4H3. The first kappa shape index (κ1) is 19.7. The van der Waals surface area contributed by atoms with E-state index in [9.17, 15) is 13.2 Å². The van der Waals surface area contributed by atoms with E-state index in [0.29, 0.717) is 44.8 Å². The summed E-state index contributed by atoms with van der Waals surface area (Å²) in [4.78, 5) is 14.5. The first-order chi connectivity index (χ1) is 11.8. The number of carbonyl (C=O) groups is 1. The molecular weight excluding hydrogens is 340 g/mol. The van der Waals surface area contributed by atoms with Gasteiger partial charge >= 0.3 is 0 Å². The summed E-state index contributed by atoms with van der Waals surface area (Å²) in [6.07, 6.45) is 1.12. The summed E-state index contributed by atoms with van der Waals surface area (Å²) < 4.78 is 32.7. The number of methoxy groups -OCH3 is 1. The summed E-state index contributed by atoms with van der Waals surface area (Å²) in [6, 6.07) is 5.15. The van der Waals surface area contributed by atoms with Crippen molar-refractivity contribution in [3.8, 4) is 5.75 Å². The second-order valence-corrected chi connectivity index (χ2v) is 8.25. The fourth-order valence-corrected chi connectivity index (χ4v) is 4.97. The number of hydrogen-bond donors (Lipinski definition) is 0. The van der Waals surface area contributed by atoms with E-state index in [4.69, 9.17) is 4.74 Å². The van der Waals surface area contributed by atoms with Gasteiger partial charge in [0.15, 0.2) is 0 Å². The minimum Gasteiger partial charge on any atom is -0.495 e. The van der Waals surface area contributed by atoms with Gasteiger partial charge in [0.25, 0.3) is 0 Å². The third kappa shape index (κ3) is 4.15. The van der Waals surface area contributed by atoms with Crippen LogP contribution in [-0.2, 0) is 14.8 Å². The summed E-state index contributed by atoms with van der Waals surface area (Å²) in [6.45, 7) is 7.88. The van der Waals surface area contributed by atoms with Gasteiger partial charge in [0.05, 0.1) is 7.11 Å². The van der Waals surface area contributed by atoms with Gasteiger partial charge in [-0.3, -0.25) is 4.79 Å². The highest BCUT2D eigenvalue weighted by molar-refractivity contribution is 7.89. The SMILES string of the molecule is CCN(CC)C(=O)C1CCN(S(=O)(=O)c2cc(C)ccc2OC)CC1. The molecule has 25 heavy (non-hydrogen) atoms. The van der Waals surface area contributed by atoms with E-state index < -0.39 is 10.0 Å². The van der Waals surface area contributed by atoms with Crippen molar-refractivity contribution in [1.29, 1.82) is 0 Å². The molecule has 2 rings (SSSR count). The Bertz CT molecular complexity index is 706. The van der Waals surface area contributed by atoms with E-state index in [1.807, 2.05) is 31.7 Å². The lowest BCUT2D eigenvalue weighted by atomic mass is 9.96. The largest absolute Gasteiger partial charge is 0.495 e. The molecule has 0 aromatic heterocycles. The molecule has 140 valence electrons. The van der Waals surface area contributed by atoms with E-state index in [1.54, 1.807) is 12.1 Å². The maximum atomic E-state index is 13.0. The third-order valence-electron chi connectivity index (χ3n) is 4.82. The molecule has 0 aliphatic carbocycles. The highest BCUT2D eigenvalue weighted by Gasteiger charge is 2.34. The number of benzene rings is 1. The Kier molecular flexibility index (Phi) is 6.46. The number of aryl methyl sites for hydroxylation is 1. The summed E-state index contributed by atoms with van der Waals surface area (Å²) in [7, 11) is -2.15. The van der Waals surface area contributed by atoms with Gasteiger partial charge in [-0.15, -0.1) is 0 Å². The van der Waals surface area contributed by atoms with Crippen molar-refractivity contribution in [2.24, 2.45) is 5.92 Å². The topological polar surface area (TPSA) is 66.9 Å². The molecule has 1 saturated heterocycles. The lowest BCUT2D eigenvalue weighted by molar-refractivity contribution is -0.136. The number of carbonyl (C=O) groups excluding carboxylic acids is 1. The molecule has 1 aliphatic rings. The molecule has 0 saturated carbocycles.